The van der Waals surface area contributed by atoms with Crippen molar-refractivity contribution in [3.8, 4) is 0 Å². The minimum absolute atomic E-state index is 0.0288. The first-order chi connectivity index (χ1) is 8.22. The maximum atomic E-state index is 11.5. The van der Waals surface area contributed by atoms with Crippen LogP contribution in [0, 0.1) is 0 Å². The minimum atomic E-state index is -0.224. The van der Waals surface area contributed by atoms with Crippen LogP contribution < -0.4 is 10.6 Å². The molecule has 0 aromatic rings. The van der Waals surface area contributed by atoms with Crippen LogP contribution in [0.25, 0.3) is 0 Å². The monoisotopic (exact) mass is 248 g/mol. The van der Waals surface area contributed by atoms with Crippen LogP contribution in [0.3, 0.4) is 0 Å². The van der Waals surface area contributed by atoms with Crippen LogP contribution >= 0.6 is 0 Å². The third kappa shape index (κ3) is 10.2. The van der Waals surface area contributed by atoms with Crippen molar-refractivity contribution in [1.82, 2.24) is 10.6 Å². The molecular formula is C11H24N2O4. The maximum absolute atomic E-state index is 11.5. The highest BCUT2D eigenvalue weighted by Gasteiger charge is 2.10. The van der Waals surface area contributed by atoms with E-state index in [4.69, 9.17) is 14.2 Å². The molecule has 1 amide bonds. The van der Waals surface area contributed by atoms with E-state index >= 15 is 0 Å². The van der Waals surface area contributed by atoms with Crippen molar-refractivity contribution >= 4 is 5.91 Å². The molecule has 0 aromatic carbocycles. The summed E-state index contributed by atoms with van der Waals surface area (Å²) in [5.74, 6) is -0.0288. The van der Waals surface area contributed by atoms with Gasteiger partial charge in [-0.15, -0.1) is 0 Å². The highest BCUT2D eigenvalue weighted by atomic mass is 16.5. The number of ether oxygens (including phenoxy) is 3. The number of hydrogen-bond acceptors (Lipinski definition) is 5. The molecule has 0 aliphatic carbocycles. The summed E-state index contributed by atoms with van der Waals surface area (Å²) in [5, 5.41) is 5.82. The molecule has 1 unspecified atom stereocenters. The predicted octanol–water partition coefficient (Wildman–Crippen LogP) is -0.610. The second-order valence-electron chi connectivity index (χ2n) is 3.56. The summed E-state index contributed by atoms with van der Waals surface area (Å²) in [7, 11) is 3.24. The van der Waals surface area contributed by atoms with Gasteiger partial charge in [0, 0.05) is 27.3 Å². The summed E-state index contributed by atoms with van der Waals surface area (Å²) in [4.78, 5) is 11.5. The second-order valence-corrected chi connectivity index (χ2v) is 3.56. The first-order valence-electron chi connectivity index (χ1n) is 5.79. The summed E-state index contributed by atoms with van der Waals surface area (Å²) in [6.07, 6.45) is 0. The number of hydrogen-bond donors (Lipinski definition) is 2. The number of carbonyl (C=O) groups is 1. The number of rotatable bonds is 11. The van der Waals surface area contributed by atoms with E-state index in [1.807, 2.05) is 6.92 Å². The van der Waals surface area contributed by atoms with Crippen LogP contribution in [0.2, 0.25) is 0 Å². The number of carbonyl (C=O) groups excluding carboxylic acids is 1. The predicted molar refractivity (Wildman–Crippen MR) is 65.0 cm³/mol. The zero-order valence-corrected chi connectivity index (χ0v) is 11.0. The Labute approximate surface area is 103 Å². The van der Waals surface area contributed by atoms with Gasteiger partial charge >= 0.3 is 0 Å². The van der Waals surface area contributed by atoms with Crippen molar-refractivity contribution in [2.75, 3.05) is 53.7 Å². The van der Waals surface area contributed by atoms with Crippen molar-refractivity contribution in [2.45, 2.75) is 13.0 Å². The minimum Gasteiger partial charge on any atom is -0.383 e. The third-order valence-corrected chi connectivity index (χ3v) is 2.13. The third-order valence-electron chi connectivity index (χ3n) is 2.13. The van der Waals surface area contributed by atoms with Gasteiger partial charge in [0.25, 0.3) is 0 Å². The van der Waals surface area contributed by atoms with E-state index in [0.717, 1.165) is 0 Å². The van der Waals surface area contributed by atoms with E-state index < -0.39 is 0 Å². The topological polar surface area (TPSA) is 68.8 Å². The van der Waals surface area contributed by atoms with Crippen LogP contribution in [-0.4, -0.2) is 65.7 Å². The molecule has 0 radical (unpaired) electrons. The van der Waals surface area contributed by atoms with Crippen molar-refractivity contribution in [3.05, 3.63) is 0 Å². The SMILES string of the molecule is COCCNC(=O)C(C)NCCOCCOC. The molecule has 1 atom stereocenters. The molecule has 17 heavy (non-hydrogen) atoms. The van der Waals surface area contributed by atoms with Gasteiger partial charge in [0.1, 0.15) is 0 Å². The molecule has 2 N–H and O–H groups in total. The zero-order chi connectivity index (χ0) is 12.9. The van der Waals surface area contributed by atoms with Gasteiger partial charge in [0.05, 0.1) is 32.5 Å². The summed E-state index contributed by atoms with van der Waals surface area (Å²) in [5.41, 5.74) is 0. The molecule has 6 heteroatoms. The molecule has 0 bridgehead atoms. The van der Waals surface area contributed by atoms with E-state index in [-0.39, 0.29) is 11.9 Å². The highest BCUT2D eigenvalue weighted by molar-refractivity contribution is 5.81. The molecule has 0 saturated carbocycles. The van der Waals surface area contributed by atoms with E-state index in [2.05, 4.69) is 10.6 Å². The van der Waals surface area contributed by atoms with Gasteiger partial charge in [0.2, 0.25) is 5.91 Å². The van der Waals surface area contributed by atoms with Gasteiger partial charge in [-0.1, -0.05) is 0 Å². The van der Waals surface area contributed by atoms with E-state index in [1.54, 1.807) is 14.2 Å². The number of nitrogens with one attached hydrogen (secondary N) is 2. The first kappa shape index (κ1) is 16.3. The maximum Gasteiger partial charge on any atom is 0.236 e. The van der Waals surface area contributed by atoms with Gasteiger partial charge in [-0.05, 0) is 6.92 Å². The molecule has 0 aliphatic heterocycles. The largest absolute Gasteiger partial charge is 0.383 e. The van der Waals surface area contributed by atoms with Crippen LogP contribution in [0.15, 0.2) is 0 Å². The lowest BCUT2D eigenvalue weighted by molar-refractivity contribution is -0.123. The Morgan fingerprint density at radius 2 is 1.76 bits per heavy atom. The van der Waals surface area contributed by atoms with Crippen LogP contribution in [0.5, 0.6) is 0 Å². The first-order valence-corrected chi connectivity index (χ1v) is 5.79. The fourth-order valence-corrected chi connectivity index (χ4v) is 1.11. The average molecular weight is 248 g/mol. The Morgan fingerprint density at radius 3 is 2.41 bits per heavy atom. The molecular weight excluding hydrogens is 224 g/mol. The van der Waals surface area contributed by atoms with Crippen molar-refractivity contribution in [1.29, 1.82) is 0 Å². The van der Waals surface area contributed by atoms with Crippen LogP contribution in [0.1, 0.15) is 6.92 Å². The van der Waals surface area contributed by atoms with Gasteiger partial charge in [-0.3, -0.25) is 4.79 Å². The van der Waals surface area contributed by atoms with Crippen molar-refractivity contribution in [2.24, 2.45) is 0 Å². The molecule has 0 heterocycles. The van der Waals surface area contributed by atoms with Gasteiger partial charge in [-0.25, -0.2) is 0 Å². The molecule has 0 fully saturated rings. The van der Waals surface area contributed by atoms with E-state index in [9.17, 15) is 4.79 Å². The summed E-state index contributed by atoms with van der Waals surface area (Å²) in [6.45, 7) is 5.25. The Hall–Kier alpha value is -0.690. The summed E-state index contributed by atoms with van der Waals surface area (Å²) in [6, 6.07) is -0.224. The normalized spacial score (nSPS) is 12.4. The lowest BCUT2D eigenvalue weighted by Crippen LogP contribution is -2.44. The standard InChI is InChI=1S/C11H24N2O4/c1-10(11(14)13-4-6-15-2)12-5-7-17-9-8-16-3/h10,12H,4-9H2,1-3H3,(H,13,14). The smallest absolute Gasteiger partial charge is 0.236 e. The molecule has 0 spiro atoms. The van der Waals surface area contributed by atoms with Gasteiger partial charge in [0.15, 0.2) is 0 Å². The Kier molecular flexibility index (Phi) is 11.3. The molecule has 0 rings (SSSR count). The van der Waals surface area contributed by atoms with E-state index in [0.29, 0.717) is 39.5 Å². The summed E-state index contributed by atoms with van der Waals surface area (Å²) >= 11 is 0. The van der Waals surface area contributed by atoms with Crippen molar-refractivity contribution < 1.29 is 19.0 Å². The Bertz CT molecular complexity index is 190. The average Bonchev–Trinajstić information content (AvgIpc) is 2.33. The van der Waals surface area contributed by atoms with Crippen LogP contribution in [-0.2, 0) is 19.0 Å². The van der Waals surface area contributed by atoms with Crippen LogP contribution in [0.4, 0.5) is 0 Å². The lowest BCUT2D eigenvalue weighted by atomic mass is 10.3. The fraction of sp³-hybridized carbons (Fsp3) is 0.909. The molecule has 102 valence electrons. The second kappa shape index (κ2) is 11.8. The molecule has 0 saturated heterocycles. The molecule has 0 aromatic heterocycles. The zero-order valence-electron chi connectivity index (χ0n) is 11.0. The Balaban J connectivity index is 3.37. The summed E-state index contributed by atoms with van der Waals surface area (Å²) < 4.78 is 14.9. The number of amides is 1. The lowest BCUT2D eigenvalue weighted by Gasteiger charge is -2.13. The fourth-order valence-electron chi connectivity index (χ4n) is 1.11. The van der Waals surface area contributed by atoms with E-state index in [1.165, 1.54) is 0 Å². The highest BCUT2D eigenvalue weighted by Crippen LogP contribution is 1.82. The Morgan fingerprint density at radius 1 is 1.06 bits per heavy atom. The molecule has 6 nitrogen and oxygen atoms in total. The van der Waals surface area contributed by atoms with Gasteiger partial charge in [-0.2, -0.15) is 0 Å². The quantitative estimate of drug-likeness (QED) is 0.477. The number of methoxy groups -OCH3 is 2. The van der Waals surface area contributed by atoms with Crippen molar-refractivity contribution in [3.63, 3.8) is 0 Å². The molecule has 0 aliphatic rings. The van der Waals surface area contributed by atoms with Gasteiger partial charge < -0.3 is 24.8 Å².